The molecule has 3 amide bonds. The van der Waals surface area contributed by atoms with Crippen LogP contribution in [0.4, 0.5) is 18.0 Å². The van der Waals surface area contributed by atoms with Crippen molar-refractivity contribution in [1.29, 1.82) is 0 Å². The molecule has 0 heterocycles. The van der Waals surface area contributed by atoms with Gasteiger partial charge in [0.2, 0.25) is 11.4 Å². The Morgan fingerprint density at radius 1 is 1.15 bits per heavy atom. The highest BCUT2D eigenvalue weighted by molar-refractivity contribution is 5.94. The minimum absolute atomic E-state index is 0.280. The first kappa shape index (κ1) is 22.3. The summed E-state index contributed by atoms with van der Waals surface area (Å²) in [6, 6.07) is 6.95. The summed E-state index contributed by atoms with van der Waals surface area (Å²) in [5, 5.41) is 3.47. The Kier molecular flexibility index (Phi) is 7.21. The number of benzene rings is 1. The van der Waals surface area contributed by atoms with Gasteiger partial charge < -0.3 is 15.8 Å². The van der Waals surface area contributed by atoms with Gasteiger partial charge >= 0.3 is 12.3 Å². The van der Waals surface area contributed by atoms with Crippen molar-refractivity contribution in [3.8, 4) is 0 Å². The maximum absolute atomic E-state index is 13.5. The molecule has 150 valence electrons. The lowest BCUT2D eigenvalue weighted by Crippen LogP contribution is -2.67. The highest BCUT2D eigenvalue weighted by atomic mass is 19.4. The van der Waals surface area contributed by atoms with E-state index in [2.05, 4.69) is 0 Å². The molecule has 27 heavy (non-hydrogen) atoms. The van der Waals surface area contributed by atoms with E-state index in [9.17, 15) is 27.6 Å². The molecule has 1 aromatic carbocycles. The van der Waals surface area contributed by atoms with Crippen LogP contribution in [0, 0.1) is 5.92 Å². The molecule has 0 saturated carbocycles. The van der Waals surface area contributed by atoms with Crippen LogP contribution in [0.5, 0.6) is 0 Å². The van der Waals surface area contributed by atoms with E-state index >= 15 is 0 Å². The standard InChI is InChI=1S/C17H22F3N3O4/c1-10(2)12(13(21)24)22-14(25)16(3,17(18,19)20)23-15(26)27-9-11-7-5-4-6-8-11/h4-8,10,12H,9H2,1-3H3,(H2,21,24)(H,22,25)(H,23,26)/t12-,16+/m0/s1. The van der Waals surface area contributed by atoms with Gasteiger partial charge in [-0.3, -0.25) is 14.9 Å². The summed E-state index contributed by atoms with van der Waals surface area (Å²) < 4.78 is 45.2. The van der Waals surface area contributed by atoms with Crippen LogP contribution < -0.4 is 16.4 Å². The van der Waals surface area contributed by atoms with E-state index in [1.54, 1.807) is 30.3 Å². The first-order chi connectivity index (χ1) is 12.4. The number of rotatable bonds is 7. The molecule has 0 spiro atoms. The Hall–Kier alpha value is -2.78. The third-order valence-electron chi connectivity index (χ3n) is 3.85. The quantitative estimate of drug-likeness (QED) is 0.661. The van der Waals surface area contributed by atoms with E-state index in [1.165, 1.54) is 19.2 Å². The van der Waals surface area contributed by atoms with Crippen molar-refractivity contribution in [2.75, 3.05) is 0 Å². The molecule has 0 unspecified atom stereocenters. The lowest BCUT2D eigenvalue weighted by atomic mass is 9.97. The summed E-state index contributed by atoms with van der Waals surface area (Å²) in [4.78, 5) is 35.4. The first-order valence-corrected chi connectivity index (χ1v) is 8.04. The van der Waals surface area contributed by atoms with Gasteiger partial charge in [-0.1, -0.05) is 44.2 Å². The lowest BCUT2D eigenvalue weighted by molar-refractivity contribution is -0.194. The number of hydrogen-bond acceptors (Lipinski definition) is 4. The molecule has 0 aliphatic heterocycles. The van der Waals surface area contributed by atoms with Crippen LogP contribution in [0.1, 0.15) is 26.3 Å². The van der Waals surface area contributed by atoms with Crippen molar-refractivity contribution in [2.24, 2.45) is 11.7 Å². The number of carbonyl (C=O) groups excluding carboxylic acids is 3. The van der Waals surface area contributed by atoms with E-state index in [4.69, 9.17) is 10.5 Å². The van der Waals surface area contributed by atoms with Crippen LogP contribution in [0.3, 0.4) is 0 Å². The second kappa shape index (κ2) is 8.74. The van der Waals surface area contributed by atoms with Crippen molar-refractivity contribution in [3.05, 3.63) is 35.9 Å². The number of amides is 3. The van der Waals surface area contributed by atoms with Crippen LogP contribution >= 0.6 is 0 Å². The van der Waals surface area contributed by atoms with Gasteiger partial charge in [0, 0.05) is 0 Å². The van der Waals surface area contributed by atoms with Crippen molar-refractivity contribution in [2.45, 2.75) is 45.1 Å². The fourth-order valence-corrected chi connectivity index (χ4v) is 2.07. The smallest absolute Gasteiger partial charge is 0.420 e. The zero-order valence-electron chi connectivity index (χ0n) is 15.1. The highest BCUT2D eigenvalue weighted by Gasteiger charge is 2.58. The Balaban J connectivity index is 2.90. The highest BCUT2D eigenvalue weighted by Crippen LogP contribution is 2.31. The number of ether oxygens (including phenoxy) is 1. The van der Waals surface area contributed by atoms with Crippen molar-refractivity contribution < 1.29 is 32.3 Å². The van der Waals surface area contributed by atoms with Crippen LogP contribution in [0.25, 0.3) is 0 Å². The molecular weight excluding hydrogens is 367 g/mol. The van der Waals surface area contributed by atoms with Crippen LogP contribution in [-0.4, -0.2) is 35.7 Å². The Morgan fingerprint density at radius 3 is 2.15 bits per heavy atom. The molecule has 1 aromatic rings. The molecule has 0 aliphatic carbocycles. The third-order valence-corrected chi connectivity index (χ3v) is 3.85. The number of alkyl halides is 3. The second-order valence-corrected chi connectivity index (χ2v) is 6.41. The average Bonchev–Trinajstić information content (AvgIpc) is 2.56. The van der Waals surface area contributed by atoms with E-state index in [0.29, 0.717) is 12.5 Å². The number of hydrogen-bond donors (Lipinski definition) is 3. The van der Waals surface area contributed by atoms with Crippen molar-refractivity contribution in [3.63, 3.8) is 0 Å². The van der Waals surface area contributed by atoms with Gasteiger partial charge in [0.05, 0.1) is 0 Å². The summed E-state index contributed by atoms with van der Waals surface area (Å²) in [7, 11) is 0. The fourth-order valence-electron chi connectivity index (χ4n) is 2.07. The minimum Gasteiger partial charge on any atom is -0.445 e. The molecule has 2 atom stereocenters. The number of nitrogens with two attached hydrogens (primary N) is 1. The Labute approximate surface area is 154 Å². The molecule has 4 N–H and O–H groups in total. The molecular formula is C17H22F3N3O4. The topological polar surface area (TPSA) is 111 Å². The second-order valence-electron chi connectivity index (χ2n) is 6.41. The Morgan fingerprint density at radius 2 is 1.70 bits per heavy atom. The third kappa shape index (κ3) is 5.87. The Bertz CT molecular complexity index is 680. The first-order valence-electron chi connectivity index (χ1n) is 8.04. The number of primary amides is 1. The molecule has 0 bridgehead atoms. The van der Waals surface area contributed by atoms with E-state index in [1.807, 2.05) is 5.32 Å². The number of alkyl carbamates (subject to hydrolysis) is 1. The van der Waals surface area contributed by atoms with Gasteiger partial charge in [-0.2, -0.15) is 13.2 Å². The predicted molar refractivity (Wildman–Crippen MR) is 90.2 cm³/mol. The van der Waals surface area contributed by atoms with Crippen molar-refractivity contribution in [1.82, 2.24) is 10.6 Å². The maximum atomic E-state index is 13.5. The average molecular weight is 389 g/mol. The lowest BCUT2D eigenvalue weighted by Gasteiger charge is -2.33. The predicted octanol–water partition coefficient (Wildman–Crippen LogP) is 1.86. The van der Waals surface area contributed by atoms with Gasteiger partial charge in [-0.05, 0) is 18.4 Å². The van der Waals surface area contributed by atoms with Crippen molar-refractivity contribution >= 4 is 17.9 Å². The molecule has 7 nitrogen and oxygen atoms in total. The summed E-state index contributed by atoms with van der Waals surface area (Å²) in [5.41, 5.74) is 2.34. The van der Waals surface area contributed by atoms with Crippen LogP contribution in [0.2, 0.25) is 0 Å². The van der Waals surface area contributed by atoms with E-state index in [0.717, 1.165) is 0 Å². The SMILES string of the molecule is CC(C)[C@H](NC(=O)[C@@](C)(NC(=O)OCc1ccccc1)C(F)(F)F)C(N)=O. The zero-order chi connectivity index (χ0) is 20.8. The largest absolute Gasteiger partial charge is 0.445 e. The zero-order valence-corrected chi connectivity index (χ0v) is 15.1. The molecule has 0 fully saturated rings. The monoisotopic (exact) mass is 389 g/mol. The number of halogens is 3. The molecule has 0 aliphatic rings. The van der Waals surface area contributed by atoms with Gasteiger partial charge in [0.25, 0.3) is 5.91 Å². The maximum Gasteiger partial charge on any atom is 0.420 e. The number of carbonyl (C=O) groups is 3. The summed E-state index contributed by atoms with van der Waals surface area (Å²) in [6.07, 6.45) is -6.59. The van der Waals surface area contributed by atoms with E-state index in [-0.39, 0.29) is 6.61 Å². The van der Waals surface area contributed by atoms with Gasteiger partial charge in [-0.15, -0.1) is 0 Å². The van der Waals surface area contributed by atoms with Crippen LogP contribution in [0.15, 0.2) is 30.3 Å². The molecule has 0 radical (unpaired) electrons. The van der Waals surface area contributed by atoms with Gasteiger partial charge in [0.1, 0.15) is 12.6 Å². The molecule has 0 saturated heterocycles. The van der Waals surface area contributed by atoms with Gasteiger partial charge in [0.15, 0.2) is 0 Å². The minimum atomic E-state index is -5.15. The molecule has 1 rings (SSSR count). The molecule has 10 heteroatoms. The summed E-state index contributed by atoms with van der Waals surface area (Å²) in [5.74, 6) is -3.16. The summed E-state index contributed by atoms with van der Waals surface area (Å²) >= 11 is 0. The van der Waals surface area contributed by atoms with Crippen LogP contribution in [-0.2, 0) is 20.9 Å². The normalized spacial score (nSPS) is 14.8. The summed E-state index contributed by atoms with van der Waals surface area (Å²) in [6.45, 7) is 3.20. The fraction of sp³-hybridized carbons (Fsp3) is 0.471. The van der Waals surface area contributed by atoms with Gasteiger partial charge in [-0.25, -0.2) is 4.79 Å². The molecule has 0 aromatic heterocycles. The van der Waals surface area contributed by atoms with E-state index < -0.39 is 41.6 Å². The number of nitrogens with one attached hydrogen (secondary N) is 2.